The maximum atomic E-state index is 10.6. The molecular formula is C14H27NO3. The second kappa shape index (κ2) is 8.48. The van der Waals surface area contributed by atoms with Crippen LogP contribution in [0.15, 0.2) is 0 Å². The van der Waals surface area contributed by atoms with Crippen LogP contribution in [0.2, 0.25) is 0 Å². The fourth-order valence-corrected chi connectivity index (χ4v) is 2.71. The van der Waals surface area contributed by atoms with Crippen molar-refractivity contribution in [3.05, 3.63) is 0 Å². The largest absolute Gasteiger partial charge is 0.481 e. The van der Waals surface area contributed by atoms with Gasteiger partial charge in [-0.1, -0.05) is 26.7 Å². The number of morpholine rings is 1. The number of rotatable bonds is 8. The SMILES string of the molecule is CCCC(CCC)N1CCO[C@@H](CCC(=O)O)C1. The maximum absolute atomic E-state index is 10.6. The number of nitrogens with zero attached hydrogens (tertiary/aromatic N) is 1. The third kappa shape index (κ3) is 5.36. The molecule has 1 heterocycles. The number of hydrogen-bond donors (Lipinski definition) is 1. The van der Waals surface area contributed by atoms with E-state index in [0.29, 0.717) is 12.5 Å². The third-order valence-corrected chi connectivity index (χ3v) is 3.61. The Hall–Kier alpha value is -0.610. The molecule has 1 aliphatic heterocycles. The van der Waals surface area contributed by atoms with Crippen LogP contribution in [0.3, 0.4) is 0 Å². The van der Waals surface area contributed by atoms with Gasteiger partial charge in [0.05, 0.1) is 12.7 Å². The molecule has 0 aromatic rings. The second-order valence-corrected chi connectivity index (χ2v) is 5.15. The summed E-state index contributed by atoms with van der Waals surface area (Å²) < 4.78 is 5.66. The van der Waals surface area contributed by atoms with Crippen molar-refractivity contribution >= 4 is 5.97 Å². The van der Waals surface area contributed by atoms with Crippen molar-refractivity contribution in [2.24, 2.45) is 0 Å². The first-order valence-electron chi connectivity index (χ1n) is 7.24. The molecular weight excluding hydrogens is 230 g/mol. The van der Waals surface area contributed by atoms with Crippen molar-refractivity contribution in [2.75, 3.05) is 19.7 Å². The summed E-state index contributed by atoms with van der Waals surface area (Å²) in [5.74, 6) is -0.727. The van der Waals surface area contributed by atoms with Crippen LogP contribution in [-0.4, -0.2) is 47.8 Å². The van der Waals surface area contributed by atoms with Gasteiger partial charge in [-0.2, -0.15) is 0 Å². The van der Waals surface area contributed by atoms with Crippen LogP contribution in [0.4, 0.5) is 0 Å². The Kier molecular flexibility index (Phi) is 7.28. The summed E-state index contributed by atoms with van der Waals surface area (Å²) >= 11 is 0. The predicted octanol–water partition coefficient (Wildman–Crippen LogP) is 2.52. The molecule has 0 aromatic heterocycles. The average Bonchev–Trinajstić information content (AvgIpc) is 2.36. The zero-order valence-corrected chi connectivity index (χ0v) is 11.7. The van der Waals surface area contributed by atoms with Gasteiger partial charge < -0.3 is 9.84 Å². The average molecular weight is 257 g/mol. The van der Waals surface area contributed by atoms with Gasteiger partial charge in [0, 0.05) is 25.6 Å². The van der Waals surface area contributed by atoms with Crippen molar-refractivity contribution in [2.45, 2.75) is 64.5 Å². The minimum absolute atomic E-state index is 0.103. The van der Waals surface area contributed by atoms with Crippen molar-refractivity contribution < 1.29 is 14.6 Å². The topological polar surface area (TPSA) is 49.8 Å². The van der Waals surface area contributed by atoms with Crippen molar-refractivity contribution in [3.63, 3.8) is 0 Å². The molecule has 0 saturated carbocycles. The van der Waals surface area contributed by atoms with E-state index in [2.05, 4.69) is 18.7 Å². The smallest absolute Gasteiger partial charge is 0.303 e. The number of ether oxygens (including phenoxy) is 1. The van der Waals surface area contributed by atoms with Gasteiger partial charge in [0.2, 0.25) is 0 Å². The Morgan fingerprint density at radius 1 is 1.39 bits per heavy atom. The lowest BCUT2D eigenvalue weighted by molar-refractivity contribution is -0.138. The standard InChI is InChI=1S/C14H27NO3/c1-3-5-12(6-4-2)15-9-10-18-13(11-15)7-8-14(16)17/h12-13H,3-11H2,1-2H3,(H,16,17)/t13-/m0/s1. The highest BCUT2D eigenvalue weighted by Crippen LogP contribution is 2.19. The molecule has 0 amide bonds. The fraction of sp³-hybridized carbons (Fsp3) is 0.929. The molecule has 0 aromatic carbocycles. The van der Waals surface area contributed by atoms with Crippen molar-refractivity contribution in [1.29, 1.82) is 0 Å². The molecule has 0 radical (unpaired) electrons. The first kappa shape index (κ1) is 15.4. The molecule has 0 bridgehead atoms. The molecule has 1 saturated heterocycles. The molecule has 1 rings (SSSR count). The maximum Gasteiger partial charge on any atom is 0.303 e. The molecule has 0 aliphatic carbocycles. The van der Waals surface area contributed by atoms with E-state index in [9.17, 15) is 4.79 Å². The van der Waals surface area contributed by atoms with Crippen LogP contribution in [0.1, 0.15) is 52.4 Å². The molecule has 1 atom stereocenters. The summed E-state index contributed by atoms with van der Waals surface area (Å²) in [5.41, 5.74) is 0. The van der Waals surface area contributed by atoms with Gasteiger partial charge in [-0.3, -0.25) is 9.69 Å². The Morgan fingerprint density at radius 2 is 2.06 bits per heavy atom. The quantitative estimate of drug-likeness (QED) is 0.726. The normalized spacial score (nSPS) is 21.4. The van der Waals surface area contributed by atoms with E-state index in [4.69, 9.17) is 9.84 Å². The molecule has 18 heavy (non-hydrogen) atoms. The number of carbonyl (C=O) groups is 1. The lowest BCUT2D eigenvalue weighted by Crippen LogP contribution is -2.47. The highest BCUT2D eigenvalue weighted by atomic mass is 16.5. The highest BCUT2D eigenvalue weighted by Gasteiger charge is 2.25. The van der Waals surface area contributed by atoms with E-state index in [1.165, 1.54) is 25.7 Å². The van der Waals surface area contributed by atoms with Crippen LogP contribution < -0.4 is 0 Å². The van der Waals surface area contributed by atoms with E-state index in [1.807, 2.05) is 0 Å². The Balaban J connectivity index is 2.42. The van der Waals surface area contributed by atoms with Gasteiger partial charge in [-0.15, -0.1) is 0 Å². The van der Waals surface area contributed by atoms with Crippen molar-refractivity contribution in [3.8, 4) is 0 Å². The second-order valence-electron chi connectivity index (χ2n) is 5.15. The van der Waals surface area contributed by atoms with Crippen molar-refractivity contribution in [1.82, 2.24) is 4.90 Å². The summed E-state index contributed by atoms with van der Waals surface area (Å²) in [6.07, 6.45) is 5.84. The van der Waals surface area contributed by atoms with Crippen LogP contribution in [0.25, 0.3) is 0 Å². The minimum Gasteiger partial charge on any atom is -0.481 e. The highest BCUT2D eigenvalue weighted by molar-refractivity contribution is 5.66. The Labute approximate surface area is 110 Å². The zero-order chi connectivity index (χ0) is 13.4. The lowest BCUT2D eigenvalue weighted by atomic mass is 10.0. The van der Waals surface area contributed by atoms with Crippen LogP contribution >= 0.6 is 0 Å². The third-order valence-electron chi connectivity index (χ3n) is 3.61. The Morgan fingerprint density at radius 3 is 2.61 bits per heavy atom. The van der Waals surface area contributed by atoms with Gasteiger partial charge in [-0.05, 0) is 19.3 Å². The summed E-state index contributed by atoms with van der Waals surface area (Å²) in [6, 6.07) is 0.649. The van der Waals surface area contributed by atoms with Gasteiger partial charge in [0.15, 0.2) is 0 Å². The summed E-state index contributed by atoms with van der Waals surface area (Å²) in [4.78, 5) is 13.1. The molecule has 1 N–H and O–H groups in total. The van der Waals surface area contributed by atoms with Gasteiger partial charge >= 0.3 is 5.97 Å². The molecule has 4 heteroatoms. The predicted molar refractivity (Wildman–Crippen MR) is 71.8 cm³/mol. The number of carboxylic acid groups (broad SMARTS) is 1. The molecule has 0 unspecified atom stereocenters. The number of carboxylic acids is 1. The molecule has 4 nitrogen and oxygen atoms in total. The first-order valence-corrected chi connectivity index (χ1v) is 7.24. The van der Waals surface area contributed by atoms with E-state index < -0.39 is 5.97 Å². The summed E-state index contributed by atoms with van der Waals surface area (Å²) in [7, 11) is 0. The lowest BCUT2D eigenvalue weighted by Gasteiger charge is -2.38. The van der Waals surface area contributed by atoms with E-state index in [0.717, 1.165) is 19.7 Å². The summed E-state index contributed by atoms with van der Waals surface area (Å²) in [6.45, 7) is 7.09. The van der Waals surface area contributed by atoms with E-state index >= 15 is 0 Å². The fourth-order valence-electron chi connectivity index (χ4n) is 2.71. The van der Waals surface area contributed by atoms with Gasteiger partial charge in [0.25, 0.3) is 0 Å². The molecule has 0 spiro atoms. The molecule has 106 valence electrons. The molecule has 1 aliphatic rings. The van der Waals surface area contributed by atoms with Crippen LogP contribution in [-0.2, 0) is 9.53 Å². The zero-order valence-electron chi connectivity index (χ0n) is 11.7. The Bertz CT molecular complexity index is 239. The van der Waals surface area contributed by atoms with Gasteiger partial charge in [-0.25, -0.2) is 0 Å². The van der Waals surface area contributed by atoms with Crippen LogP contribution in [0.5, 0.6) is 0 Å². The summed E-state index contributed by atoms with van der Waals surface area (Å²) in [5, 5.41) is 8.72. The van der Waals surface area contributed by atoms with Gasteiger partial charge in [0.1, 0.15) is 0 Å². The monoisotopic (exact) mass is 257 g/mol. The molecule has 1 fully saturated rings. The van der Waals surface area contributed by atoms with E-state index in [-0.39, 0.29) is 12.5 Å². The van der Waals surface area contributed by atoms with Crippen LogP contribution in [0, 0.1) is 0 Å². The first-order chi connectivity index (χ1) is 8.67. The minimum atomic E-state index is -0.727. The number of hydrogen-bond acceptors (Lipinski definition) is 3. The van der Waals surface area contributed by atoms with E-state index in [1.54, 1.807) is 0 Å². The number of aliphatic carboxylic acids is 1.